The summed E-state index contributed by atoms with van der Waals surface area (Å²) in [5.74, 6) is 0. The second-order valence-electron chi connectivity index (χ2n) is 3.64. The molecule has 2 rings (SSSR count). The van der Waals surface area contributed by atoms with E-state index in [2.05, 4.69) is 39.3 Å². The van der Waals surface area contributed by atoms with Gasteiger partial charge in [-0.3, -0.25) is 4.68 Å². The molecule has 1 unspecified atom stereocenters. The number of nitrogens with two attached hydrogens (primary N) is 1. The van der Waals surface area contributed by atoms with Crippen molar-refractivity contribution in [2.24, 2.45) is 5.73 Å². The smallest absolute Gasteiger partial charge is 0.0794 e. The Balaban J connectivity index is 2.39. The van der Waals surface area contributed by atoms with Crippen molar-refractivity contribution in [1.29, 1.82) is 0 Å². The molecule has 82 valence electrons. The van der Waals surface area contributed by atoms with Crippen molar-refractivity contribution in [1.82, 2.24) is 15.1 Å². The summed E-state index contributed by atoms with van der Waals surface area (Å²) in [7, 11) is 0. The van der Waals surface area contributed by atoms with Gasteiger partial charge in [-0.05, 0) is 28.4 Å². The van der Waals surface area contributed by atoms with E-state index in [0.717, 1.165) is 29.8 Å². The van der Waals surface area contributed by atoms with Gasteiger partial charge in [0.05, 0.1) is 16.4 Å². The fourth-order valence-electron chi connectivity index (χ4n) is 1.83. The Kier molecular flexibility index (Phi) is 3.23. The minimum Gasteiger partial charge on any atom is -0.323 e. The van der Waals surface area contributed by atoms with Crippen LogP contribution in [0.5, 0.6) is 0 Å². The van der Waals surface area contributed by atoms with E-state index in [-0.39, 0.29) is 6.04 Å². The number of hydrogen-bond acceptors (Lipinski definition) is 3. The maximum Gasteiger partial charge on any atom is 0.0794 e. The predicted octanol–water partition coefficient (Wildman–Crippen LogP) is 0.979. The van der Waals surface area contributed by atoms with Crippen LogP contribution in [0, 0.1) is 0 Å². The number of aryl methyl sites for hydroxylation is 1. The van der Waals surface area contributed by atoms with Gasteiger partial charge in [-0.15, -0.1) is 0 Å². The Bertz CT molecular complexity index is 383. The van der Waals surface area contributed by atoms with Gasteiger partial charge >= 0.3 is 0 Å². The predicted molar refractivity (Wildman–Crippen MR) is 64.4 cm³/mol. The maximum absolute atomic E-state index is 5.89. The third-order valence-electron chi connectivity index (χ3n) is 2.51. The second-order valence-corrected chi connectivity index (χ2v) is 4.50. The molecule has 0 fully saturated rings. The summed E-state index contributed by atoms with van der Waals surface area (Å²) >= 11 is 3.52. The molecule has 1 atom stereocenters. The number of rotatable bonds is 2. The Morgan fingerprint density at radius 3 is 3.20 bits per heavy atom. The molecule has 1 aromatic heterocycles. The first kappa shape index (κ1) is 10.9. The van der Waals surface area contributed by atoms with E-state index >= 15 is 0 Å². The third kappa shape index (κ3) is 2.14. The topological polar surface area (TPSA) is 55.9 Å². The minimum atomic E-state index is 0.0980. The lowest BCUT2D eigenvalue weighted by molar-refractivity contribution is 0.629. The fraction of sp³-hybridized carbons (Fsp3) is 0.500. The zero-order valence-corrected chi connectivity index (χ0v) is 10.3. The van der Waals surface area contributed by atoms with Crippen molar-refractivity contribution < 1.29 is 0 Å². The minimum absolute atomic E-state index is 0.0980. The molecule has 0 bridgehead atoms. The van der Waals surface area contributed by atoms with E-state index in [4.69, 9.17) is 5.73 Å². The largest absolute Gasteiger partial charge is 0.323 e. The average molecular weight is 271 g/mol. The molecule has 0 aromatic carbocycles. The van der Waals surface area contributed by atoms with Crippen LogP contribution in [-0.4, -0.2) is 28.9 Å². The van der Waals surface area contributed by atoms with Gasteiger partial charge in [-0.25, -0.2) is 0 Å². The van der Waals surface area contributed by atoms with Crippen LogP contribution in [0.3, 0.4) is 0 Å². The van der Waals surface area contributed by atoms with Gasteiger partial charge in [-0.1, -0.05) is 6.08 Å². The van der Waals surface area contributed by atoms with Gasteiger partial charge in [-0.2, -0.15) is 5.10 Å². The van der Waals surface area contributed by atoms with Crippen molar-refractivity contribution in [2.45, 2.75) is 19.5 Å². The quantitative estimate of drug-likeness (QED) is 0.843. The van der Waals surface area contributed by atoms with Crippen molar-refractivity contribution in [2.75, 3.05) is 13.1 Å². The summed E-state index contributed by atoms with van der Waals surface area (Å²) in [5, 5.41) is 7.59. The molecular weight excluding hydrogens is 256 g/mol. The Hall–Kier alpha value is -0.650. The van der Waals surface area contributed by atoms with Gasteiger partial charge in [0.15, 0.2) is 0 Å². The standard InChI is InChI=1S/C10H15BrN4/c1-2-15-10(9(11)6-14-15)7-3-8(12)5-13-4-7/h3,6,8,13H,2,4-5,12H2,1H3. The molecular formula is C10H15BrN4. The summed E-state index contributed by atoms with van der Waals surface area (Å²) in [4.78, 5) is 0. The molecule has 0 saturated heterocycles. The molecule has 0 saturated carbocycles. The van der Waals surface area contributed by atoms with E-state index < -0.39 is 0 Å². The first-order valence-corrected chi connectivity index (χ1v) is 5.90. The van der Waals surface area contributed by atoms with Crippen LogP contribution in [0.1, 0.15) is 12.6 Å². The fourth-order valence-corrected chi connectivity index (χ4v) is 2.38. The molecule has 1 aliphatic heterocycles. The molecule has 5 heteroatoms. The lowest BCUT2D eigenvalue weighted by Crippen LogP contribution is -2.37. The highest BCUT2D eigenvalue weighted by Gasteiger charge is 2.16. The Morgan fingerprint density at radius 2 is 2.53 bits per heavy atom. The highest BCUT2D eigenvalue weighted by Crippen LogP contribution is 2.25. The van der Waals surface area contributed by atoms with E-state index in [9.17, 15) is 0 Å². The van der Waals surface area contributed by atoms with Gasteiger partial charge in [0, 0.05) is 25.7 Å². The average Bonchev–Trinajstić information content (AvgIpc) is 2.59. The van der Waals surface area contributed by atoms with Gasteiger partial charge in [0.2, 0.25) is 0 Å². The summed E-state index contributed by atoms with van der Waals surface area (Å²) < 4.78 is 3.02. The molecule has 1 aliphatic rings. The van der Waals surface area contributed by atoms with Gasteiger partial charge in [0.25, 0.3) is 0 Å². The highest BCUT2D eigenvalue weighted by atomic mass is 79.9. The molecule has 0 radical (unpaired) electrons. The molecule has 0 spiro atoms. The first-order valence-electron chi connectivity index (χ1n) is 5.11. The number of nitrogens with zero attached hydrogens (tertiary/aromatic N) is 2. The van der Waals surface area contributed by atoms with Gasteiger partial charge < -0.3 is 11.1 Å². The number of hydrogen-bond donors (Lipinski definition) is 2. The Morgan fingerprint density at radius 1 is 1.73 bits per heavy atom. The van der Waals surface area contributed by atoms with E-state index in [1.165, 1.54) is 5.57 Å². The number of halogens is 1. The molecule has 4 nitrogen and oxygen atoms in total. The molecule has 15 heavy (non-hydrogen) atoms. The van der Waals surface area contributed by atoms with Crippen molar-refractivity contribution in [3.05, 3.63) is 22.4 Å². The Labute approximate surface area is 97.7 Å². The van der Waals surface area contributed by atoms with Crippen molar-refractivity contribution >= 4 is 21.5 Å². The van der Waals surface area contributed by atoms with Crippen LogP contribution in [0.4, 0.5) is 0 Å². The SMILES string of the molecule is CCn1ncc(Br)c1C1=CC(N)CNC1. The van der Waals surface area contributed by atoms with Crippen LogP contribution in [0.15, 0.2) is 16.7 Å². The van der Waals surface area contributed by atoms with Gasteiger partial charge in [0.1, 0.15) is 0 Å². The van der Waals surface area contributed by atoms with E-state index in [1.54, 1.807) is 0 Å². The zero-order valence-electron chi connectivity index (χ0n) is 8.70. The lowest BCUT2D eigenvalue weighted by Gasteiger charge is -2.20. The summed E-state index contributed by atoms with van der Waals surface area (Å²) in [6, 6.07) is 0.0980. The van der Waals surface area contributed by atoms with Crippen molar-refractivity contribution in [3.8, 4) is 0 Å². The lowest BCUT2D eigenvalue weighted by atomic mass is 10.1. The van der Waals surface area contributed by atoms with Crippen LogP contribution >= 0.6 is 15.9 Å². The summed E-state index contributed by atoms with van der Waals surface area (Å²) in [5.41, 5.74) is 8.25. The molecule has 1 aromatic rings. The van der Waals surface area contributed by atoms with Crippen LogP contribution in [0.25, 0.3) is 5.57 Å². The van der Waals surface area contributed by atoms with E-state index in [0.29, 0.717) is 0 Å². The number of nitrogens with one attached hydrogen (secondary N) is 1. The monoisotopic (exact) mass is 270 g/mol. The molecule has 0 aliphatic carbocycles. The summed E-state index contributed by atoms with van der Waals surface area (Å²) in [6.45, 7) is 4.66. The van der Waals surface area contributed by atoms with Crippen LogP contribution in [-0.2, 0) is 6.54 Å². The second kappa shape index (κ2) is 4.47. The number of aromatic nitrogens is 2. The normalized spacial score (nSPS) is 21.5. The van der Waals surface area contributed by atoms with Crippen LogP contribution < -0.4 is 11.1 Å². The first-order chi connectivity index (χ1) is 7.22. The van der Waals surface area contributed by atoms with E-state index in [1.807, 2.05) is 10.9 Å². The third-order valence-corrected chi connectivity index (χ3v) is 3.09. The van der Waals surface area contributed by atoms with Crippen LogP contribution in [0.2, 0.25) is 0 Å². The maximum atomic E-state index is 5.89. The molecule has 3 N–H and O–H groups in total. The molecule has 0 amide bonds. The molecule has 2 heterocycles. The summed E-state index contributed by atoms with van der Waals surface area (Å²) in [6.07, 6.45) is 3.95. The zero-order chi connectivity index (χ0) is 10.8. The van der Waals surface area contributed by atoms with Crippen molar-refractivity contribution in [3.63, 3.8) is 0 Å². The highest BCUT2D eigenvalue weighted by molar-refractivity contribution is 9.10.